The molecule has 6 nitrogen and oxygen atoms in total. The highest BCUT2D eigenvalue weighted by Crippen LogP contribution is 2.20. The Morgan fingerprint density at radius 3 is 2.71 bits per heavy atom. The first-order chi connectivity index (χ1) is 10.4. The van der Waals surface area contributed by atoms with Crippen LogP contribution in [-0.4, -0.2) is 25.3 Å². The number of rotatable bonds is 3. The van der Waals surface area contributed by atoms with E-state index in [0.717, 1.165) is 16.8 Å². The van der Waals surface area contributed by atoms with Crippen LogP contribution in [0.1, 0.15) is 5.56 Å². The second-order valence-electron chi connectivity index (χ2n) is 4.75. The summed E-state index contributed by atoms with van der Waals surface area (Å²) in [6.45, 7) is 0.696. The van der Waals surface area contributed by atoms with E-state index in [2.05, 4.69) is 32.8 Å². The van der Waals surface area contributed by atoms with Gasteiger partial charge in [0.25, 0.3) is 0 Å². The molecule has 0 aliphatic carbocycles. The first-order valence-electron chi connectivity index (χ1n) is 6.55. The zero-order valence-corrected chi connectivity index (χ0v) is 11.0. The summed E-state index contributed by atoms with van der Waals surface area (Å²) in [6.07, 6.45) is 1.92. The molecule has 0 bridgehead atoms. The van der Waals surface area contributed by atoms with Gasteiger partial charge < -0.3 is 0 Å². The van der Waals surface area contributed by atoms with Gasteiger partial charge in [-0.05, 0) is 28.0 Å². The topological polar surface area (TPSA) is 69.6 Å². The molecule has 0 spiro atoms. The van der Waals surface area contributed by atoms with Crippen molar-refractivity contribution in [1.29, 1.82) is 0 Å². The van der Waals surface area contributed by atoms with Crippen LogP contribution in [0.25, 0.3) is 22.3 Å². The largest absolute Gasteiger partial charge is 0.247 e. The molecular weight excluding hydrogens is 266 g/mol. The van der Waals surface area contributed by atoms with Crippen LogP contribution in [0.3, 0.4) is 0 Å². The van der Waals surface area contributed by atoms with Crippen LogP contribution in [-0.2, 0) is 6.54 Å². The third kappa shape index (κ3) is 2.27. The van der Waals surface area contributed by atoms with Gasteiger partial charge in [-0.3, -0.25) is 0 Å². The molecule has 2 heterocycles. The Morgan fingerprint density at radius 2 is 1.81 bits per heavy atom. The molecule has 0 fully saturated rings. The van der Waals surface area contributed by atoms with Gasteiger partial charge >= 0.3 is 0 Å². The van der Waals surface area contributed by atoms with Crippen molar-refractivity contribution in [3.8, 4) is 11.3 Å². The molecule has 0 aliphatic rings. The maximum atomic E-state index is 4.70. The van der Waals surface area contributed by atoms with Crippen LogP contribution < -0.4 is 0 Å². The number of hydrogen-bond acceptors (Lipinski definition) is 5. The van der Waals surface area contributed by atoms with Crippen LogP contribution in [0.15, 0.2) is 59.4 Å². The van der Waals surface area contributed by atoms with Crippen molar-refractivity contribution in [1.82, 2.24) is 25.3 Å². The number of fused-ring (bicyclic) bond motifs is 1. The van der Waals surface area contributed by atoms with Crippen molar-refractivity contribution >= 4 is 11.0 Å². The zero-order valence-electron chi connectivity index (χ0n) is 11.0. The number of nitrogens with zero attached hydrogens (tertiary/aromatic N) is 5. The van der Waals surface area contributed by atoms with E-state index in [4.69, 9.17) is 4.63 Å². The fourth-order valence-corrected chi connectivity index (χ4v) is 2.22. The first kappa shape index (κ1) is 11.8. The predicted octanol–water partition coefficient (Wildman–Crippen LogP) is 2.53. The lowest BCUT2D eigenvalue weighted by Crippen LogP contribution is -1.99. The fourth-order valence-electron chi connectivity index (χ4n) is 2.22. The van der Waals surface area contributed by atoms with E-state index in [1.54, 1.807) is 0 Å². The van der Waals surface area contributed by atoms with Gasteiger partial charge in [-0.15, -0.1) is 5.10 Å². The molecule has 0 saturated heterocycles. The average Bonchev–Trinajstić information content (AvgIpc) is 3.16. The second kappa shape index (κ2) is 4.82. The van der Waals surface area contributed by atoms with Gasteiger partial charge in [0.15, 0.2) is 0 Å². The molecule has 0 N–H and O–H groups in total. The number of aromatic nitrogens is 5. The van der Waals surface area contributed by atoms with Gasteiger partial charge in [0.05, 0.1) is 12.7 Å². The van der Waals surface area contributed by atoms with Gasteiger partial charge in [0.1, 0.15) is 16.7 Å². The minimum Gasteiger partial charge on any atom is -0.247 e. The second-order valence-corrected chi connectivity index (χ2v) is 4.75. The van der Waals surface area contributed by atoms with Crippen molar-refractivity contribution in [3.05, 3.63) is 60.3 Å². The van der Waals surface area contributed by atoms with E-state index in [0.29, 0.717) is 12.1 Å². The summed E-state index contributed by atoms with van der Waals surface area (Å²) in [6, 6.07) is 15.8. The SMILES string of the molecule is c1ccc(Cn2cc(-c3ccc4nonc4c3)nn2)cc1. The minimum absolute atomic E-state index is 0.696. The Balaban J connectivity index is 1.64. The van der Waals surface area contributed by atoms with Gasteiger partial charge in [-0.1, -0.05) is 41.6 Å². The average molecular weight is 277 g/mol. The summed E-state index contributed by atoms with van der Waals surface area (Å²) in [5.74, 6) is 0. The summed E-state index contributed by atoms with van der Waals surface area (Å²) in [5, 5.41) is 16.0. The third-order valence-electron chi connectivity index (χ3n) is 3.28. The Hall–Kier alpha value is -3.02. The Morgan fingerprint density at radius 1 is 0.952 bits per heavy atom. The van der Waals surface area contributed by atoms with Crippen molar-refractivity contribution < 1.29 is 4.63 Å². The van der Waals surface area contributed by atoms with E-state index >= 15 is 0 Å². The lowest BCUT2D eigenvalue weighted by atomic mass is 10.1. The lowest BCUT2D eigenvalue weighted by Gasteiger charge is -1.99. The third-order valence-corrected chi connectivity index (χ3v) is 3.28. The van der Waals surface area contributed by atoms with E-state index in [1.165, 1.54) is 5.56 Å². The number of hydrogen-bond donors (Lipinski definition) is 0. The highest BCUT2D eigenvalue weighted by Gasteiger charge is 2.07. The van der Waals surface area contributed by atoms with Gasteiger partial charge in [0, 0.05) is 5.56 Å². The molecule has 0 aliphatic heterocycles. The number of benzene rings is 2. The van der Waals surface area contributed by atoms with Crippen LogP contribution in [0, 0.1) is 0 Å². The van der Waals surface area contributed by atoms with Crippen molar-refractivity contribution in [3.63, 3.8) is 0 Å². The molecule has 0 unspecified atom stereocenters. The zero-order chi connectivity index (χ0) is 14.1. The maximum absolute atomic E-state index is 4.70. The highest BCUT2D eigenvalue weighted by molar-refractivity contribution is 5.79. The van der Waals surface area contributed by atoms with E-state index < -0.39 is 0 Å². The van der Waals surface area contributed by atoms with Crippen molar-refractivity contribution in [2.45, 2.75) is 6.54 Å². The minimum atomic E-state index is 0.696. The summed E-state index contributed by atoms with van der Waals surface area (Å²) in [4.78, 5) is 0. The quantitative estimate of drug-likeness (QED) is 0.575. The molecular formula is C15H11N5O. The molecule has 2 aromatic heterocycles. The van der Waals surface area contributed by atoms with Crippen LogP contribution in [0.4, 0.5) is 0 Å². The Labute approximate surface area is 120 Å². The van der Waals surface area contributed by atoms with Crippen molar-refractivity contribution in [2.75, 3.05) is 0 Å². The monoisotopic (exact) mass is 277 g/mol. The highest BCUT2D eigenvalue weighted by atomic mass is 16.6. The fraction of sp³-hybridized carbons (Fsp3) is 0.0667. The molecule has 102 valence electrons. The first-order valence-corrected chi connectivity index (χ1v) is 6.55. The molecule has 4 aromatic rings. The Kier molecular flexibility index (Phi) is 2.71. The standard InChI is InChI=1S/C15H11N5O/c1-2-4-11(5-3-1)9-20-10-15(16-19-20)12-6-7-13-14(8-12)18-21-17-13/h1-8,10H,9H2. The van der Waals surface area contributed by atoms with Gasteiger partial charge in [-0.25, -0.2) is 9.31 Å². The summed E-state index contributed by atoms with van der Waals surface area (Å²) >= 11 is 0. The van der Waals surface area contributed by atoms with Crippen LogP contribution in [0.5, 0.6) is 0 Å². The van der Waals surface area contributed by atoms with Crippen molar-refractivity contribution in [2.24, 2.45) is 0 Å². The predicted molar refractivity (Wildman–Crippen MR) is 76.4 cm³/mol. The molecule has 4 rings (SSSR count). The van der Waals surface area contributed by atoms with Gasteiger partial charge in [0.2, 0.25) is 0 Å². The smallest absolute Gasteiger partial charge is 0.135 e. The van der Waals surface area contributed by atoms with E-state index in [1.807, 2.05) is 47.3 Å². The molecule has 6 heteroatoms. The maximum Gasteiger partial charge on any atom is 0.135 e. The van der Waals surface area contributed by atoms with Crippen LogP contribution >= 0.6 is 0 Å². The van der Waals surface area contributed by atoms with Crippen LogP contribution in [0.2, 0.25) is 0 Å². The van der Waals surface area contributed by atoms with E-state index in [9.17, 15) is 0 Å². The Bertz CT molecular complexity index is 881. The summed E-state index contributed by atoms with van der Waals surface area (Å²) in [5.41, 5.74) is 4.37. The molecule has 0 saturated carbocycles. The summed E-state index contributed by atoms with van der Waals surface area (Å²) in [7, 11) is 0. The molecule has 2 aromatic carbocycles. The lowest BCUT2D eigenvalue weighted by molar-refractivity contribution is 0.315. The summed E-state index contributed by atoms with van der Waals surface area (Å²) < 4.78 is 6.51. The normalized spacial score (nSPS) is 11.0. The molecule has 0 atom stereocenters. The molecule has 0 radical (unpaired) electrons. The molecule has 0 amide bonds. The van der Waals surface area contributed by atoms with E-state index in [-0.39, 0.29) is 0 Å². The van der Waals surface area contributed by atoms with Gasteiger partial charge in [-0.2, -0.15) is 0 Å². The molecule has 21 heavy (non-hydrogen) atoms.